The van der Waals surface area contributed by atoms with Gasteiger partial charge in [-0.1, -0.05) is 22.9 Å². The fourth-order valence-electron chi connectivity index (χ4n) is 1.74. The van der Waals surface area contributed by atoms with Gasteiger partial charge in [-0.25, -0.2) is 4.98 Å². The molecule has 0 amide bonds. The van der Waals surface area contributed by atoms with Crippen LogP contribution in [-0.2, 0) is 10.6 Å². The number of alkyl halides is 1. The first-order valence-electron chi connectivity index (χ1n) is 5.24. The molecular weight excluding hydrogens is 267 g/mol. The summed E-state index contributed by atoms with van der Waals surface area (Å²) in [6.45, 7) is 1.75. The van der Waals surface area contributed by atoms with Crippen molar-refractivity contribution in [3.8, 4) is 0 Å². The number of rotatable bonds is 4. The fraction of sp³-hybridized carbons (Fsp3) is 0.700. The molecule has 0 bridgehead atoms. The Labute approximate surface area is 109 Å². The highest BCUT2D eigenvalue weighted by atomic mass is 35.5. The summed E-state index contributed by atoms with van der Waals surface area (Å²) >= 11 is 13.3. The third-order valence-electron chi connectivity index (χ3n) is 2.59. The molecule has 1 aromatic heterocycles. The van der Waals surface area contributed by atoms with Crippen molar-refractivity contribution < 1.29 is 4.74 Å². The van der Waals surface area contributed by atoms with E-state index in [-0.39, 0.29) is 0 Å². The summed E-state index contributed by atoms with van der Waals surface area (Å²) in [5, 5.41) is 1.44. The van der Waals surface area contributed by atoms with Crippen LogP contribution in [0.15, 0.2) is 0 Å². The minimum absolute atomic E-state index is 0.326. The van der Waals surface area contributed by atoms with E-state index in [9.17, 15) is 0 Å². The number of aromatic nitrogens is 1. The van der Waals surface area contributed by atoms with E-state index in [0.717, 1.165) is 36.0 Å². The van der Waals surface area contributed by atoms with Gasteiger partial charge in [-0.15, -0.1) is 11.6 Å². The first-order valence-corrected chi connectivity index (χ1v) is 6.97. The maximum atomic E-state index is 5.96. The lowest BCUT2D eigenvalue weighted by Gasteiger charge is -2.19. The van der Waals surface area contributed by atoms with E-state index in [2.05, 4.69) is 9.88 Å². The summed E-state index contributed by atoms with van der Waals surface area (Å²) in [6, 6.07) is 0. The zero-order chi connectivity index (χ0) is 11.5. The lowest BCUT2D eigenvalue weighted by Crippen LogP contribution is -2.28. The third-order valence-corrected chi connectivity index (χ3v) is 4.61. The summed E-state index contributed by atoms with van der Waals surface area (Å²) in [4.78, 5) is 7.31. The minimum atomic E-state index is 0.326. The molecule has 1 saturated heterocycles. The van der Waals surface area contributed by atoms with Crippen LogP contribution >= 0.6 is 34.5 Å². The zero-order valence-corrected chi connectivity index (χ0v) is 11.4. The Balaban J connectivity index is 1.99. The van der Waals surface area contributed by atoms with Crippen molar-refractivity contribution in [2.24, 2.45) is 0 Å². The van der Waals surface area contributed by atoms with E-state index in [4.69, 9.17) is 27.9 Å². The Morgan fingerprint density at radius 3 is 3.00 bits per heavy atom. The summed E-state index contributed by atoms with van der Waals surface area (Å²) in [5.41, 5.74) is 0. The number of thiazole rings is 1. The minimum Gasteiger partial charge on any atom is -0.376 e. The maximum Gasteiger partial charge on any atom is 0.186 e. The molecular formula is C10H14Cl2N2OS. The predicted octanol–water partition coefficient (Wildman–Crippen LogP) is 3.15. The summed E-state index contributed by atoms with van der Waals surface area (Å²) in [7, 11) is 2.01. The molecule has 1 atom stereocenters. The molecule has 6 heteroatoms. The van der Waals surface area contributed by atoms with Crippen molar-refractivity contribution in [2.75, 3.05) is 25.1 Å². The van der Waals surface area contributed by atoms with Gasteiger partial charge in [0.05, 0.1) is 16.9 Å². The zero-order valence-electron chi connectivity index (χ0n) is 9.08. The van der Waals surface area contributed by atoms with Crippen molar-refractivity contribution in [1.82, 2.24) is 4.98 Å². The Morgan fingerprint density at radius 1 is 1.62 bits per heavy atom. The number of halogens is 2. The average molecular weight is 281 g/mol. The molecule has 2 rings (SSSR count). The molecule has 90 valence electrons. The van der Waals surface area contributed by atoms with Crippen LogP contribution in [0, 0.1) is 0 Å². The van der Waals surface area contributed by atoms with Gasteiger partial charge in [0.15, 0.2) is 5.13 Å². The monoisotopic (exact) mass is 280 g/mol. The average Bonchev–Trinajstić information content (AvgIpc) is 2.87. The topological polar surface area (TPSA) is 25.4 Å². The van der Waals surface area contributed by atoms with E-state index in [0.29, 0.717) is 17.1 Å². The number of likely N-dealkylation sites (N-methyl/N-ethyl adjacent to an activating group) is 1. The molecule has 1 fully saturated rings. The lowest BCUT2D eigenvalue weighted by atomic mass is 10.2. The highest BCUT2D eigenvalue weighted by Crippen LogP contribution is 2.30. The van der Waals surface area contributed by atoms with E-state index in [1.165, 1.54) is 0 Å². The number of hydrogen-bond acceptors (Lipinski definition) is 4. The standard InChI is InChI=1S/C10H14Cl2N2OS/c1-14(6-7-3-2-4-15-7)10-13-9(12)8(5-11)16-10/h7H,2-6H2,1H3. The first kappa shape index (κ1) is 12.4. The second-order valence-corrected chi connectivity index (χ2v) is 5.55. The Hall–Kier alpha value is -0.0300. The van der Waals surface area contributed by atoms with Gasteiger partial charge in [-0.3, -0.25) is 0 Å². The molecule has 1 unspecified atom stereocenters. The van der Waals surface area contributed by atoms with Gasteiger partial charge >= 0.3 is 0 Å². The van der Waals surface area contributed by atoms with Crippen LogP contribution in [0.25, 0.3) is 0 Å². The second kappa shape index (κ2) is 5.54. The van der Waals surface area contributed by atoms with Gasteiger partial charge in [0.2, 0.25) is 0 Å². The molecule has 1 aromatic rings. The number of nitrogens with zero attached hydrogens (tertiary/aromatic N) is 2. The second-order valence-electron chi connectivity index (χ2n) is 3.86. The highest BCUT2D eigenvalue weighted by molar-refractivity contribution is 7.16. The van der Waals surface area contributed by atoms with E-state index < -0.39 is 0 Å². The molecule has 0 aromatic carbocycles. The van der Waals surface area contributed by atoms with Crippen molar-refractivity contribution in [3.63, 3.8) is 0 Å². The van der Waals surface area contributed by atoms with Crippen LogP contribution in [0.5, 0.6) is 0 Å². The van der Waals surface area contributed by atoms with Crippen molar-refractivity contribution in [3.05, 3.63) is 10.0 Å². The molecule has 1 aliphatic rings. The maximum absolute atomic E-state index is 5.96. The Bertz CT molecular complexity index is 353. The van der Waals surface area contributed by atoms with Crippen molar-refractivity contribution >= 4 is 39.7 Å². The largest absolute Gasteiger partial charge is 0.376 e. The van der Waals surface area contributed by atoms with Crippen LogP contribution in [-0.4, -0.2) is 31.3 Å². The number of anilines is 1. The van der Waals surface area contributed by atoms with Crippen LogP contribution in [0.1, 0.15) is 17.7 Å². The SMILES string of the molecule is CN(CC1CCCO1)c1nc(Cl)c(CCl)s1. The first-order chi connectivity index (χ1) is 7.70. The third kappa shape index (κ3) is 2.80. The van der Waals surface area contributed by atoms with Crippen molar-refractivity contribution in [1.29, 1.82) is 0 Å². The molecule has 0 N–H and O–H groups in total. The predicted molar refractivity (Wildman–Crippen MR) is 68.9 cm³/mol. The van der Waals surface area contributed by atoms with Gasteiger partial charge in [0.25, 0.3) is 0 Å². The van der Waals surface area contributed by atoms with Crippen LogP contribution in [0.2, 0.25) is 5.15 Å². The highest BCUT2D eigenvalue weighted by Gasteiger charge is 2.19. The summed E-state index contributed by atoms with van der Waals surface area (Å²) < 4.78 is 5.58. The van der Waals surface area contributed by atoms with E-state index >= 15 is 0 Å². The molecule has 0 radical (unpaired) electrons. The Morgan fingerprint density at radius 2 is 2.44 bits per heavy atom. The molecule has 3 nitrogen and oxygen atoms in total. The lowest BCUT2D eigenvalue weighted by molar-refractivity contribution is 0.116. The number of ether oxygens (including phenoxy) is 1. The fourth-order valence-corrected chi connectivity index (χ4v) is 3.18. The van der Waals surface area contributed by atoms with E-state index in [1.54, 1.807) is 11.3 Å². The van der Waals surface area contributed by atoms with Gasteiger partial charge in [0, 0.05) is 20.2 Å². The molecule has 0 aliphatic carbocycles. The van der Waals surface area contributed by atoms with Crippen LogP contribution in [0.4, 0.5) is 5.13 Å². The van der Waals surface area contributed by atoms with Crippen LogP contribution < -0.4 is 4.90 Å². The quantitative estimate of drug-likeness (QED) is 0.793. The molecule has 0 saturated carbocycles. The molecule has 0 spiro atoms. The van der Waals surface area contributed by atoms with Gasteiger partial charge in [0.1, 0.15) is 5.15 Å². The van der Waals surface area contributed by atoms with Crippen molar-refractivity contribution in [2.45, 2.75) is 24.8 Å². The smallest absolute Gasteiger partial charge is 0.186 e. The van der Waals surface area contributed by atoms with E-state index in [1.807, 2.05) is 7.05 Å². The molecule has 2 heterocycles. The number of hydrogen-bond donors (Lipinski definition) is 0. The van der Waals surface area contributed by atoms with Gasteiger partial charge < -0.3 is 9.64 Å². The molecule has 1 aliphatic heterocycles. The van der Waals surface area contributed by atoms with Gasteiger partial charge in [-0.05, 0) is 12.8 Å². The summed E-state index contributed by atoms with van der Waals surface area (Å²) in [5.74, 6) is 0.421. The van der Waals surface area contributed by atoms with Crippen LogP contribution in [0.3, 0.4) is 0 Å². The molecule has 16 heavy (non-hydrogen) atoms. The summed E-state index contributed by atoms with van der Waals surface area (Å²) in [6.07, 6.45) is 2.61. The normalized spacial score (nSPS) is 20.3. The van der Waals surface area contributed by atoms with Gasteiger partial charge in [-0.2, -0.15) is 0 Å². The Kier molecular flexibility index (Phi) is 4.30.